The summed E-state index contributed by atoms with van der Waals surface area (Å²) in [6.45, 7) is 14.1. The highest BCUT2D eigenvalue weighted by Gasteiger charge is 2.42. The zero-order valence-electron chi connectivity index (χ0n) is 31.0. The molecule has 0 bridgehead atoms. The van der Waals surface area contributed by atoms with Gasteiger partial charge in [-0.05, 0) is 69.4 Å². The Hall–Kier alpha value is -2.55. The van der Waals surface area contributed by atoms with E-state index in [9.17, 15) is 9.59 Å². The number of hydrogen-bond acceptors (Lipinski definition) is 6. The molecule has 1 aromatic rings. The van der Waals surface area contributed by atoms with Gasteiger partial charge in [-0.15, -0.1) is 0 Å². The molecule has 266 valence electrons. The Morgan fingerprint density at radius 3 is 2.40 bits per heavy atom. The Balaban J connectivity index is 2.27. The summed E-state index contributed by atoms with van der Waals surface area (Å²) in [5, 5.41) is 0. The van der Waals surface area contributed by atoms with Crippen molar-refractivity contribution in [2.45, 2.75) is 124 Å². The van der Waals surface area contributed by atoms with Crippen molar-refractivity contribution < 1.29 is 19.1 Å². The highest BCUT2D eigenvalue weighted by Crippen LogP contribution is 2.33. The lowest BCUT2D eigenvalue weighted by Gasteiger charge is -2.40. The molecule has 47 heavy (non-hydrogen) atoms. The SMILES string of the molecule is C/C=C\N=C(C)C(Cc1ccccc1)C(C)C(OC)C1CCCN1C(=O)CC(OC)C(C(C)CC)N(C)C(=O)CC(C)CCCCN. The number of likely N-dealkylation sites (tertiary alicyclic amines) is 1. The number of likely N-dealkylation sites (N-methyl/N-ethyl adjacent to an activating group) is 1. The highest BCUT2D eigenvalue weighted by molar-refractivity contribution is 5.85. The minimum absolute atomic E-state index is 0.0384. The van der Waals surface area contributed by atoms with Crippen LogP contribution in [0.5, 0.6) is 0 Å². The standard InChI is InChI=1S/C39H66N4O4/c1-10-23-41-31(6)33(26-32-19-13-12-14-20-32)30(5)39(47-9)34-21-17-24-43(34)37(45)27-35(46-8)38(29(4)11-2)42(7)36(44)25-28(3)18-15-16-22-40/h10,12-14,19-20,23,28-30,33-35,38-39H,11,15-18,21-22,24-27,40H2,1-9H3/b23-10-,41-31?. The van der Waals surface area contributed by atoms with E-state index in [-0.39, 0.29) is 60.1 Å². The number of nitrogens with two attached hydrogens (primary N) is 1. The maximum atomic E-state index is 14.2. The van der Waals surface area contributed by atoms with Crippen molar-refractivity contribution in [3.63, 3.8) is 0 Å². The van der Waals surface area contributed by atoms with Gasteiger partial charge in [-0.3, -0.25) is 14.6 Å². The minimum atomic E-state index is -0.403. The third-order valence-electron chi connectivity index (χ3n) is 10.5. The lowest BCUT2D eigenvalue weighted by molar-refractivity contribution is -0.145. The molecule has 8 unspecified atom stereocenters. The van der Waals surface area contributed by atoms with Crippen LogP contribution in [-0.2, 0) is 25.5 Å². The number of hydrogen-bond donors (Lipinski definition) is 1. The van der Waals surface area contributed by atoms with Gasteiger partial charge in [0.05, 0.1) is 30.7 Å². The van der Waals surface area contributed by atoms with Gasteiger partial charge in [-0.25, -0.2) is 0 Å². The first-order valence-electron chi connectivity index (χ1n) is 18.0. The van der Waals surface area contributed by atoms with Gasteiger partial charge in [0.2, 0.25) is 11.8 Å². The maximum absolute atomic E-state index is 14.2. The van der Waals surface area contributed by atoms with Crippen LogP contribution >= 0.6 is 0 Å². The van der Waals surface area contributed by atoms with Crippen molar-refractivity contribution in [1.29, 1.82) is 0 Å². The van der Waals surface area contributed by atoms with Crippen LogP contribution in [0.1, 0.15) is 98.5 Å². The average Bonchev–Trinajstić information content (AvgIpc) is 3.56. The monoisotopic (exact) mass is 655 g/mol. The number of aliphatic imine (C=N–C) groups is 1. The molecule has 0 radical (unpaired) electrons. The molecule has 8 nitrogen and oxygen atoms in total. The predicted octanol–water partition coefficient (Wildman–Crippen LogP) is 6.92. The molecule has 0 spiro atoms. The van der Waals surface area contributed by atoms with Gasteiger partial charge in [0.25, 0.3) is 0 Å². The first-order chi connectivity index (χ1) is 22.5. The van der Waals surface area contributed by atoms with Gasteiger partial charge in [0.1, 0.15) is 0 Å². The Labute approximate surface area is 286 Å². The van der Waals surface area contributed by atoms with Gasteiger partial charge in [0.15, 0.2) is 0 Å². The van der Waals surface area contributed by atoms with Crippen LogP contribution in [0.3, 0.4) is 0 Å². The van der Waals surface area contributed by atoms with E-state index in [0.717, 1.165) is 50.7 Å². The van der Waals surface area contributed by atoms with Crippen molar-refractivity contribution in [1.82, 2.24) is 9.80 Å². The summed E-state index contributed by atoms with van der Waals surface area (Å²) in [5.74, 6) is 0.902. The molecule has 2 rings (SSSR count). The van der Waals surface area contributed by atoms with Crippen molar-refractivity contribution in [2.24, 2.45) is 34.4 Å². The van der Waals surface area contributed by atoms with Gasteiger partial charge in [-0.2, -0.15) is 0 Å². The highest BCUT2D eigenvalue weighted by atomic mass is 16.5. The molecule has 8 heteroatoms. The normalized spacial score (nSPS) is 20.1. The largest absolute Gasteiger partial charge is 0.379 e. The van der Waals surface area contributed by atoms with E-state index in [0.29, 0.717) is 19.5 Å². The molecule has 0 aliphatic carbocycles. The molecule has 0 aromatic heterocycles. The topological polar surface area (TPSA) is 97.5 Å². The third kappa shape index (κ3) is 12.1. The molecule has 1 aromatic carbocycles. The van der Waals surface area contributed by atoms with E-state index in [1.54, 1.807) is 14.2 Å². The molecule has 2 amide bonds. The van der Waals surface area contributed by atoms with E-state index in [1.807, 2.05) is 42.1 Å². The van der Waals surface area contributed by atoms with E-state index >= 15 is 0 Å². The number of benzene rings is 1. The minimum Gasteiger partial charge on any atom is -0.379 e. The van der Waals surface area contributed by atoms with Crippen LogP contribution in [-0.4, -0.2) is 86.0 Å². The van der Waals surface area contributed by atoms with Crippen LogP contribution in [0.25, 0.3) is 0 Å². The molecule has 0 saturated carbocycles. The molecule has 1 aliphatic rings. The zero-order valence-corrected chi connectivity index (χ0v) is 31.0. The summed E-state index contributed by atoms with van der Waals surface area (Å²) in [4.78, 5) is 36.3. The summed E-state index contributed by atoms with van der Waals surface area (Å²) < 4.78 is 12.3. The number of unbranched alkanes of at least 4 members (excludes halogenated alkanes) is 1. The third-order valence-corrected chi connectivity index (χ3v) is 10.5. The molecule has 1 fully saturated rings. The second-order valence-electron chi connectivity index (χ2n) is 13.9. The number of ether oxygens (including phenoxy) is 2. The fourth-order valence-electron chi connectivity index (χ4n) is 7.48. The number of allylic oxidation sites excluding steroid dienone is 1. The second kappa shape index (κ2) is 21.4. The number of nitrogens with zero attached hydrogens (tertiary/aromatic N) is 3. The number of methoxy groups -OCH3 is 2. The molecule has 8 atom stereocenters. The van der Waals surface area contributed by atoms with Gasteiger partial charge < -0.3 is 25.0 Å². The fourth-order valence-corrected chi connectivity index (χ4v) is 7.48. The number of carbonyl (C=O) groups excluding carboxylic acids is 2. The average molecular weight is 655 g/mol. The van der Waals surface area contributed by atoms with Crippen molar-refractivity contribution in [3.8, 4) is 0 Å². The lowest BCUT2D eigenvalue weighted by atomic mass is 9.79. The van der Waals surface area contributed by atoms with Crippen LogP contribution in [0.4, 0.5) is 0 Å². The van der Waals surface area contributed by atoms with Crippen molar-refractivity contribution >= 4 is 17.5 Å². The van der Waals surface area contributed by atoms with E-state index in [1.165, 1.54) is 5.56 Å². The lowest BCUT2D eigenvalue weighted by Crippen LogP contribution is -2.53. The van der Waals surface area contributed by atoms with E-state index in [4.69, 9.17) is 20.2 Å². The quantitative estimate of drug-likeness (QED) is 0.115. The first-order valence-corrected chi connectivity index (χ1v) is 18.0. The van der Waals surface area contributed by atoms with E-state index < -0.39 is 6.10 Å². The van der Waals surface area contributed by atoms with E-state index in [2.05, 4.69) is 58.9 Å². The summed E-state index contributed by atoms with van der Waals surface area (Å²) in [6.07, 6.45) is 10.5. The van der Waals surface area contributed by atoms with Gasteiger partial charge in [-0.1, -0.05) is 83.4 Å². The summed E-state index contributed by atoms with van der Waals surface area (Å²) in [5.41, 5.74) is 7.99. The Morgan fingerprint density at radius 2 is 1.81 bits per heavy atom. The fraction of sp³-hybridized carbons (Fsp3) is 0.718. The van der Waals surface area contributed by atoms with Crippen LogP contribution in [0, 0.1) is 23.7 Å². The molecular weight excluding hydrogens is 588 g/mol. The summed E-state index contributed by atoms with van der Waals surface area (Å²) in [7, 11) is 5.33. The molecule has 2 N–H and O–H groups in total. The molecule has 1 aliphatic heterocycles. The smallest absolute Gasteiger partial charge is 0.225 e. The summed E-state index contributed by atoms with van der Waals surface area (Å²) in [6, 6.07) is 10.3. The zero-order chi connectivity index (χ0) is 34.9. The first kappa shape index (κ1) is 40.6. The van der Waals surface area contributed by atoms with Gasteiger partial charge in [0, 0.05) is 52.1 Å². The van der Waals surface area contributed by atoms with Crippen LogP contribution in [0.15, 0.2) is 47.6 Å². The number of amides is 2. The van der Waals surface area contributed by atoms with Gasteiger partial charge >= 0.3 is 0 Å². The van der Waals surface area contributed by atoms with Crippen LogP contribution in [0.2, 0.25) is 0 Å². The Kier molecular flexibility index (Phi) is 18.5. The molecular formula is C39H66N4O4. The second-order valence-corrected chi connectivity index (χ2v) is 13.9. The Morgan fingerprint density at radius 1 is 1.11 bits per heavy atom. The van der Waals surface area contributed by atoms with Crippen molar-refractivity contribution in [2.75, 3.05) is 34.4 Å². The molecule has 1 saturated heterocycles. The summed E-state index contributed by atoms with van der Waals surface area (Å²) >= 11 is 0. The number of carbonyl (C=O) groups is 2. The number of rotatable bonds is 21. The predicted molar refractivity (Wildman–Crippen MR) is 194 cm³/mol. The van der Waals surface area contributed by atoms with Crippen molar-refractivity contribution in [3.05, 3.63) is 48.2 Å². The molecule has 1 heterocycles. The maximum Gasteiger partial charge on any atom is 0.225 e. The Bertz CT molecular complexity index is 1110. The van der Waals surface area contributed by atoms with Crippen LogP contribution < -0.4 is 5.73 Å².